The van der Waals surface area contributed by atoms with Crippen LogP contribution in [0.15, 0.2) is 42.6 Å². The lowest BCUT2D eigenvalue weighted by Gasteiger charge is -2.30. The van der Waals surface area contributed by atoms with E-state index in [1.165, 1.54) is 0 Å². The first-order chi connectivity index (χ1) is 17.2. The van der Waals surface area contributed by atoms with Crippen LogP contribution in [0.3, 0.4) is 0 Å². The Morgan fingerprint density at radius 3 is 2.44 bits per heavy atom. The molecule has 8 nitrogen and oxygen atoms in total. The Morgan fingerprint density at radius 2 is 1.83 bits per heavy atom. The van der Waals surface area contributed by atoms with Crippen molar-refractivity contribution in [3.8, 4) is 17.0 Å². The van der Waals surface area contributed by atoms with E-state index < -0.39 is 12.0 Å². The number of imidazole rings is 1. The number of nitrogens with one attached hydrogen (secondary N) is 2. The van der Waals surface area contributed by atoms with Gasteiger partial charge in [0.25, 0.3) is 5.91 Å². The number of amides is 1. The number of rotatable bonds is 8. The van der Waals surface area contributed by atoms with Gasteiger partial charge in [-0.2, -0.15) is 0 Å². The lowest BCUT2D eigenvalue weighted by atomic mass is 9.82. The van der Waals surface area contributed by atoms with Gasteiger partial charge >= 0.3 is 5.97 Å². The van der Waals surface area contributed by atoms with Crippen LogP contribution in [0.1, 0.15) is 69.7 Å². The molecule has 192 valence electrons. The molecular formula is C28H36N4O4. The van der Waals surface area contributed by atoms with Crippen LogP contribution in [-0.2, 0) is 4.79 Å². The van der Waals surface area contributed by atoms with Crippen molar-refractivity contribution in [3.63, 3.8) is 0 Å². The summed E-state index contributed by atoms with van der Waals surface area (Å²) in [4.78, 5) is 30.0. The summed E-state index contributed by atoms with van der Waals surface area (Å²) in [5.74, 6) is 0.507. The summed E-state index contributed by atoms with van der Waals surface area (Å²) in [5.41, 5.74) is 2.31. The maximum Gasteiger partial charge on any atom is 0.305 e. The van der Waals surface area contributed by atoms with Gasteiger partial charge in [-0.1, -0.05) is 19.3 Å². The molecule has 1 unspecified atom stereocenters. The normalized spacial score (nSPS) is 15.4. The minimum Gasteiger partial charge on any atom is -0.497 e. The van der Waals surface area contributed by atoms with Crippen molar-refractivity contribution >= 4 is 23.3 Å². The highest BCUT2D eigenvalue weighted by Gasteiger charge is 2.29. The summed E-state index contributed by atoms with van der Waals surface area (Å²) >= 11 is 0. The van der Waals surface area contributed by atoms with Crippen molar-refractivity contribution < 1.29 is 19.4 Å². The molecule has 1 fully saturated rings. The van der Waals surface area contributed by atoms with Gasteiger partial charge in [0.2, 0.25) is 0 Å². The van der Waals surface area contributed by atoms with Crippen molar-refractivity contribution in [2.24, 2.45) is 5.92 Å². The Labute approximate surface area is 212 Å². The predicted molar refractivity (Wildman–Crippen MR) is 141 cm³/mol. The molecule has 2 aromatic heterocycles. The van der Waals surface area contributed by atoms with E-state index in [9.17, 15) is 14.7 Å². The Morgan fingerprint density at radius 1 is 1.14 bits per heavy atom. The van der Waals surface area contributed by atoms with E-state index in [1.54, 1.807) is 13.2 Å². The highest BCUT2D eigenvalue weighted by atomic mass is 16.5. The molecule has 4 rings (SSSR count). The number of hydrogen-bond donors (Lipinski definition) is 3. The van der Waals surface area contributed by atoms with E-state index in [-0.39, 0.29) is 23.8 Å². The highest BCUT2D eigenvalue weighted by Crippen LogP contribution is 2.33. The fourth-order valence-electron chi connectivity index (χ4n) is 4.98. The number of methoxy groups -OCH3 is 1. The number of benzene rings is 1. The van der Waals surface area contributed by atoms with Gasteiger partial charge in [-0.15, -0.1) is 0 Å². The summed E-state index contributed by atoms with van der Waals surface area (Å²) < 4.78 is 7.20. The van der Waals surface area contributed by atoms with Crippen LogP contribution in [0.25, 0.3) is 16.9 Å². The Balaban J connectivity index is 1.74. The minimum atomic E-state index is -0.900. The zero-order valence-electron chi connectivity index (χ0n) is 21.5. The number of pyridine rings is 1. The molecule has 1 amide bonds. The maximum absolute atomic E-state index is 13.5. The number of ether oxygens (including phenoxy) is 1. The first-order valence-electron chi connectivity index (χ1n) is 12.6. The minimum absolute atomic E-state index is 0.0815. The van der Waals surface area contributed by atoms with Crippen LogP contribution in [0.5, 0.6) is 5.75 Å². The second kappa shape index (κ2) is 10.6. The van der Waals surface area contributed by atoms with Crippen LogP contribution in [-0.4, -0.2) is 45.1 Å². The van der Waals surface area contributed by atoms with E-state index in [0.717, 1.165) is 54.9 Å². The van der Waals surface area contributed by atoms with E-state index in [4.69, 9.17) is 9.72 Å². The van der Waals surface area contributed by atoms with Gasteiger partial charge in [0.05, 0.1) is 19.1 Å². The second-order valence-electron chi connectivity index (χ2n) is 10.6. The molecule has 0 bridgehead atoms. The fourth-order valence-corrected chi connectivity index (χ4v) is 4.98. The third-order valence-corrected chi connectivity index (χ3v) is 6.68. The molecule has 2 heterocycles. The average Bonchev–Trinajstić information content (AvgIpc) is 3.20. The monoisotopic (exact) mass is 492 g/mol. The maximum atomic E-state index is 13.5. The summed E-state index contributed by atoms with van der Waals surface area (Å²) in [6, 6.07) is 10.8. The molecule has 3 aromatic rings. The SMILES string of the molecule is COc1ccc(-c2nc3c(C(=O)NC(CC(=O)O)C4CCCCC4)cccn3c2NC(C)(C)C)cc1. The molecule has 0 radical (unpaired) electrons. The van der Waals surface area contributed by atoms with Crippen molar-refractivity contribution in [2.45, 2.75) is 70.9 Å². The fraction of sp³-hybridized carbons (Fsp3) is 0.464. The number of carboxylic acid groups (broad SMARTS) is 1. The van der Waals surface area contributed by atoms with Crippen molar-refractivity contribution in [1.82, 2.24) is 14.7 Å². The summed E-state index contributed by atoms with van der Waals surface area (Å²) in [7, 11) is 1.63. The summed E-state index contributed by atoms with van der Waals surface area (Å²) in [5, 5.41) is 16.1. The average molecular weight is 493 g/mol. The highest BCUT2D eigenvalue weighted by molar-refractivity contribution is 6.01. The van der Waals surface area contributed by atoms with Gasteiger partial charge in [-0.3, -0.25) is 14.0 Å². The number of carbonyl (C=O) groups excluding carboxylic acids is 1. The standard InChI is InChI=1S/C28H36N4O4/c1-28(2,3)31-26-24(19-12-14-20(36-4)15-13-19)30-25-21(11-8-16-32(25)26)27(35)29-22(17-23(33)34)18-9-6-5-7-10-18/h8,11-16,18,22,31H,5-7,9-10,17H2,1-4H3,(H,29,35)(H,33,34). The molecule has 1 aliphatic carbocycles. The van der Waals surface area contributed by atoms with Crippen molar-refractivity contribution in [3.05, 3.63) is 48.2 Å². The number of aliphatic carboxylic acids is 1. The zero-order chi connectivity index (χ0) is 25.9. The topological polar surface area (TPSA) is 105 Å². The third-order valence-electron chi connectivity index (χ3n) is 6.68. The van der Waals surface area contributed by atoms with E-state index in [1.807, 2.05) is 40.9 Å². The summed E-state index contributed by atoms with van der Waals surface area (Å²) in [6.45, 7) is 6.21. The lowest BCUT2D eigenvalue weighted by molar-refractivity contribution is -0.137. The lowest BCUT2D eigenvalue weighted by Crippen LogP contribution is -2.42. The smallest absolute Gasteiger partial charge is 0.305 e. The molecule has 0 aliphatic heterocycles. The van der Waals surface area contributed by atoms with Gasteiger partial charge in [-0.05, 0) is 75.9 Å². The van der Waals surface area contributed by atoms with E-state index >= 15 is 0 Å². The van der Waals surface area contributed by atoms with Gasteiger partial charge in [0.1, 0.15) is 17.3 Å². The molecule has 3 N–H and O–H groups in total. The van der Waals surface area contributed by atoms with E-state index in [2.05, 4.69) is 31.4 Å². The third kappa shape index (κ3) is 5.80. The number of anilines is 1. The molecule has 1 atom stereocenters. The first-order valence-corrected chi connectivity index (χ1v) is 12.6. The number of nitrogens with zero attached hydrogens (tertiary/aromatic N) is 2. The van der Waals surface area contributed by atoms with Gasteiger partial charge in [0, 0.05) is 23.3 Å². The van der Waals surface area contributed by atoms with Crippen LogP contribution in [0, 0.1) is 5.92 Å². The van der Waals surface area contributed by atoms with E-state index in [0.29, 0.717) is 11.2 Å². The second-order valence-corrected chi connectivity index (χ2v) is 10.6. The summed E-state index contributed by atoms with van der Waals surface area (Å²) in [6.07, 6.45) is 6.98. The number of carboxylic acids is 1. The molecule has 0 saturated heterocycles. The molecule has 1 aromatic carbocycles. The van der Waals surface area contributed by atoms with Crippen LogP contribution >= 0.6 is 0 Å². The predicted octanol–water partition coefficient (Wildman–Crippen LogP) is 5.37. The van der Waals surface area contributed by atoms with Crippen LogP contribution < -0.4 is 15.4 Å². The molecule has 36 heavy (non-hydrogen) atoms. The quantitative estimate of drug-likeness (QED) is 0.390. The number of fused-ring (bicyclic) bond motifs is 1. The largest absolute Gasteiger partial charge is 0.497 e. The van der Waals surface area contributed by atoms with Crippen molar-refractivity contribution in [1.29, 1.82) is 0 Å². The van der Waals surface area contributed by atoms with Crippen LogP contribution in [0.2, 0.25) is 0 Å². The zero-order valence-corrected chi connectivity index (χ0v) is 21.5. The van der Waals surface area contributed by atoms with Gasteiger partial charge < -0.3 is 20.5 Å². The van der Waals surface area contributed by atoms with Crippen molar-refractivity contribution in [2.75, 3.05) is 12.4 Å². The Kier molecular flexibility index (Phi) is 7.52. The number of hydrogen-bond acceptors (Lipinski definition) is 5. The first kappa shape index (κ1) is 25.5. The molecule has 1 saturated carbocycles. The Hall–Kier alpha value is -3.55. The molecular weight excluding hydrogens is 456 g/mol. The molecule has 8 heteroatoms. The molecule has 0 spiro atoms. The van der Waals surface area contributed by atoms with Gasteiger partial charge in [-0.25, -0.2) is 4.98 Å². The van der Waals surface area contributed by atoms with Crippen LogP contribution in [0.4, 0.5) is 5.82 Å². The van der Waals surface area contributed by atoms with Gasteiger partial charge in [0.15, 0.2) is 5.65 Å². The number of aromatic nitrogens is 2. The number of carbonyl (C=O) groups is 2. The molecule has 1 aliphatic rings. The Bertz CT molecular complexity index is 1220.